The van der Waals surface area contributed by atoms with Crippen molar-refractivity contribution in [1.29, 1.82) is 0 Å². The van der Waals surface area contributed by atoms with Gasteiger partial charge in [0.15, 0.2) is 0 Å². The Bertz CT molecular complexity index is 621. The Morgan fingerprint density at radius 3 is 2.55 bits per heavy atom. The van der Waals surface area contributed by atoms with Gasteiger partial charge in [0.2, 0.25) is 0 Å². The zero-order valence-electron chi connectivity index (χ0n) is 11.1. The molecule has 20 heavy (non-hydrogen) atoms. The lowest BCUT2D eigenvalue weighted by Crippen LogP contribution is -2.18. The normalized spacial score (nSPS) is 12.2. The first-order valence-electron chi connectivity index (χ1n) is 6.02. The molecule has 0 saturated heterocycles. The average Bonchev–Trinajstić information content (AvgIpc) is 2.45. The van der Waals surface area contributed by atoms with Gasteiger partial charge in [-0.15, -0.1) is 0 Å². The fourth-order valence-electron chi connectivity index (χ4n) is 2.06. The van der Waals surface area contributed by atoms with Crippen LogP contribution in [0.15, 0.2) is 40.9 Å². The maximum absolute atomic E-state index is 13.3. The number of nitrogens with one attached hydrogen (secondary N) is 1. The Balaban J connectivity index is 2.43. The van der Waals surface area contributed by atoms with E-state index in [2.05, 4.69) is 21.2 Å². The number of halogens is 3. The van der Waals surface area contributed by atoms with Crippen molar-refractivity contribution in [3.63, 3.8) is 0 Å². The standard InChI is InChI=1S/C15H14BrClFNO/c1-19-15(9-3-6-14(18)13(17)7-9)11-5-4-10(20-2)8-12(11)16/h3-8,15,19H,1-2H3. The van der Waals surface area contributed by atoms with E-state index in [0.717, 1.165) is 21.3 Å². The second-order valence-corrected chi connectivity index (χ2v) is 5.54. The molecule has 1 unspecified atom stereocenters. The second kappa shape index (κ2) is 6.57. The van der Waals surface area contributed by atoms with Crippen LogP contribution in [0.1, 0.15) is 17.2 Å². The molecular weight excluding hydrogens is 345 g/mol. The summed E-state index contributed by atoms with van der Waals surface area (Å²) in [5, 5.41) is 3.33. The van der Waals surface area contributed by atoms with E-state index in [1.54, 1.807) is 19.2 Å². The van der Waals surface area contributed by atoms with E-state index in [-0.39, 0.29) is 11.1 Å². The van der Waals surface area contributed by atoms with Crippen LogP contribution in [0.2, 0.25) is 5.02 Å². The number of hydrogen-bond acceptors (Lipinski definition) is 2. The molecule has 5 heteroatoms. The molecule has 106 valence electrons. The number of benzene rings is 2. The van der Waals surface area contributed by atoms with Gasteiger partial charge in [-0.05, 0) is 42.4 Å². The fraction of sp³-hybridized carbons (Fsp3) is 0.200. The summed E-state index contributed by atoms with van der Waals surface area (Å²) in [4.78, 5) is 0. The van der Waals surface area contributed by atoms with Gasteiger partial charge in [0, 0.05) is 4.47 Å². The number of methoxy groups -OCH3 is 1. The van der Waals surface area contributed by atoms with Crippen molar-refractivity contribution in [2.75, 3.05) is 14.2 Å². The van der Waals surface area contributed by atoms with Gasteiger partial charge < -0.3 is 10.1 Å². The largest absolute Gasteiger partial charge is 0.497 e. The Morgan fingerprint density at radius 1 is 1.25 bits per heavy atom. The SMILES string of the molecule is CNC(c1ccc(F)c(Cl)c1)c1ccc(OC)cc1Br. The van der Waals surface area contributed by atoms with E-state index < -0.39 is 5.82 Å². The molecule has 0 radical (unpaired) electrons. The third kappa shape index (κ3) is 3.14. The summed E-state index contributed by atoms with van der Waals surface area (Å²) in [5.41, 5.74) is 1.92. The monoisotopic (exact) mass is 357 g/mol. The molecule has 0 saturated carbocycles. The number of hydrogen-bond donors (Lipinski definition) is 1. The minimum Gasteiger partial charge on any atom is -0.497 e. The van der Waals surface area contributed by atoms with Crippen LogP contribution in [0.4, 0.5) is 4.39 Å². The Labute approximate surface area is 131 Å². The fourth-order valence-corrected chi connectivity index (χ4v) is 2.84. The van der Waals surface area contributed by atoms with Crippen LogP contribution in [0, 0.1) is 5.82 Å². The van der Waals surface area contributed by atoms with Crippen LogP contribution < -0.4 is 10.1 Å². The van der Waals surface area contributed by atoms with Gasteiger partial charge in [0.25, 0.3) is 0 Å². The first kappa shape index (κ1) is 15.3. The van der Waals surface area contributed by atoms with Crippen molar-refractivity contribution >= 4 is 27.5 Å². The van der Waals surface area contributed by atoms with E-state index in [9.17, 15) is 4.39 Å². The van der Waals surface area contributed by atoms with E-state index >= 15 is 0 Å². The summed E-state index contributed by atoms with van der Waals surface area (Å²) in [5.74, 6) is 0.353. The minimum absolute atomic E-state index is 0.0895. The highest BCUT2D eigenvalue weighted by Crippen LogP contribution is 2.32. The van der Waals surface area contributed by atoms with E-state index in [4.69, 9.17) is 16.3 Å². The van der Waals surface area contributed by atoms with Gasteiger partial charge in [-0.2, -0.15) is 0 Å². The quantitative estimate of drug-likeness (QED) is 0.865. The summed E-state index contributed by atoms with van der Waals surface area (Å²) in [6.07, 6.45) is 0. The number of ether oxygens (including phenoxy) is 1. The maximum Gasteiger partial charge on any atom is 0.141 e. The van der Waals surface area contributed by atoms with Crippen molar-refractivity contribution in [2.24, 2.45) is 0 Å². The second-order valence-electron chi connectivity index (χ2n) is 4.28. The molecule has 0 fully saturated rings. The van der Waals surface area contributed by atoms with Crippen LogP contribution in [0.25, 0.3) is 0 Å². The van der Waals surface area contributed by atoms with Crippen LogP contribution in [0.5, 0.6) is 5.75 Å². The minimum atomic E-state index is -0.418. The lowest BCUT2D eigenvalue weighted by molar-refractivity contribution is 0.414. The van der Waals surface area contributed by atoms with E-state index in [1.165, 1.54) is 6.07 Å². The first-order valence-corrected chi connectivity index (χ1v) is 7.19. The molecule has 2 aromatic carbocycles. The summed E-state index contributed by atoms with van der Waals surface area (Å²) in [7, 11) is 3.47. The molecule has 0 spiro atoms. The Kier molecular flexibility index (Phi) is 5.02. The van der Waals surface area contributed by atoms with Gasteiger partial charge >= 0.3 is 0 Å². The van der Waals surface area contributed by atoms with E-state index in [1.807, 2.05) is 25.2 Å². The topological polar surface area (TPSA) is 21.3 Å². The van der Waals surface area contributed by atoms with Crippen LogP contribution in [-0.2, 0) is 0 Å². The van der Waals surface area contributed by atoms with E-state index in [0.29, 0.717) is 0 Å². The summed E-state index contributed by atoms with van der Waals surface area (Å²) in [6, 6.07) is 10.4. The molecular formula is C15H14BrClFNO. The Hall–Kier alpha value is -1.10. The van der Waals surface area contributed by atoms with Gasteiger partial charge in [0.05, 0.1) is 18.2 Å². The highest BCUT2D eigenvalue weighted by molar-refractivity contribution is 9.10. The molecule has 1 atom stereocenters. The van der Waals surface area contributed by atoms with Gasteiger partial charge in [-0.1, -0.05) is 39.7 Å². The van der Waals surface area contributed by atoms with Crippen LogP contribution in [-0.4, -0.2) is 14.2 Å². The van der Waals surface area contributed by atoms with Crippen molar-refractivity contribution in [1.82, 2.24) is 5.32 Å². The van der Waals surface area contributed by atoms with Gasteiger partial charge in [-0.25, -0.2) is 4.39 Å². The molecule has 2 aromatic rings. The molecule has 0 aromatic heterocycles. The predicted octanol–water partition coefficient (Wildman–Crippen LogP) is 4.56. The lowest BCUT2D eigenvalue weighted by Gasteiger charge is -2.19. The predicted molar refractivity (Wildman–Crippen MR) is 83.0 cm³/mol. The highest BCUT2D eigenvalue weighted by Gasteiger charge is 2.16. The van der Waals surface area contributed by atoms with Crippen molar-refractivity contribution < 1.29 is 9.13 Å². The summed E-state index contributed by atoms with van der Waals surface area (Å²) >= 11 is 9.39. The molecule has 0 heterocycles. The molecule has 0 aliphatic heterocycles. The zero-order valence-corrected chi connectivity index (χ0v) is 13.4. The smallest absolute Gasteiger partial charge is 0.141 e. The molecule has 0 amide bonds. The third-order valence-corrected chi connectivity index (χ3v) is 4.06. The van der Waals surface area contributed by atoms with Crippen molar-refractivity contribution in [2.45, 2.75) is 6.04 Å². The summed E-state index contributed by atoms with van der Waals surface area (Å²) < 4.78 is 19.4. The number of rotatable bonds is 4. The zero-order chi connectivity index (χ0) is 14.7. The van der Waals surface area contributed by atoms with Crippen molar-refractivity contribution in [3.05, 3.63) is 62.8 Å². The molecule has 0 aliphatic carbocycles. The molecule has 1 N–H and O–H groups in total. The van der Waals surface area contributed by atoms with Crippen LogP contribution >= 0.6 is 27.5 Å². The molecule has 2 rings (SSSR count). The average molecular weight is 359 g/mol. The molecule has 2 nitrogen and oxygen atoms in total. The third-order valence-electron chi connectivity index (χ3n) is 3.08. The Morgan fingerprint density at radius 2 is 2.00 bits per heavy atom. The maximum atomic E-state index is 13.3. The summed E-state index contributed by atoms with van der Waals surface area (Å²) in [6.45, 7) is 0. The lowest BCUT2D eigenvalue weighted by atomic mass is 9.98. The van der Waals surface area contributed by atoms with Crippen molar-refractivity contribution in [3.8, 4) is 5.75 Å². The molecule has 0 aliphatic rings. The van der Waals surface area contributed by atoms with Crippen LogP contribution in [0.3, 0.4) is 0 Å². The first-order chi connectivity index (χ1) is 9.56. The molecule has 0 bridgehead atoms. The van der Waals surface area contributed by atoms with Gasteiger partial charge in [0.1, 0.15) is 11.6 Å². The van der Waals surface area contributed by atoms with Gasteiger partial charge in [-0.3, -0.25) is 0 Å². The highest BCUT2D eigenvalue weighted by atomic mass is 79.9.